The molecule has 0 saturated heterocycles. The summed E-state index contributed by atoms with van der Waals surface area (Å²) in [6.45, 7) is 7.25. The lowest BCUT2D eigenvalue weighted by Gasteiger charge is -2.23. The average Bonchev–Trinajstić information content (AvgIpc) is 2.39. The summed E-state index contributed by atoms with van der Waals surface area (Å²) in [7, 11) is 4.17. The summed E-state index contributed by atoms with van der Waals surface area (Å²) in [6.07, 6.45) is 2.18. The minimum atomic E-state index is -0.114. The Morgan fingerprint density at radius 1 is 1.37 bits per heavy atom. The summed E-state index contributed by atoms with van der Waals surface area (Å²) in [5, 5.41) is 3.24. The molecule has 3 heteroatoms. The van der Waals surface area contributed by atoms with Crippen LogP contribution in [0.2, 0.25) is 0 Å². The molecule has 1 unspecified atom stereocenters. The molecule has 0 bridgehead atoms. The van der Waals surface area contributed by atoms with Gasteiger partial charge in [0.15, 0.2) is 0 Å². The first-order chi connectivity index (χ1) is 9.06. The third-order valence-corrected chi connectivity index (χ3v) is 3.64. The monoisotopic (exact) mass is 266 g/mol. The van der Waals surface area contributed by atoms with E-state index in [2.05, 4.69) is 24.2 Å². The molecule has 0 radical (unpaired) electrons. The SMILES string of the molecule is CCC(CNC)CN(C)CCc1ccc(F)c(C)c1. The molecule has 0 fully saturated rings. The number of hydrogen-bond donors (Lipinski definition) is 1. The molecule has 108 valence electrons. The fraction of sp³-hybridized carbons (Fsp3) is 0.625. The van der Waals surface area contributed by atoms with Gasteiger partial charge in [0.05, 0.1) is 0 Å². The van der Waals surface area contributed by atoms with Crippen molar-refractivity contribution in [1.29, 1.82) is 0 Å². The summed E-state index contributed by atoms with van der Waals surface area (Å²) < 4.78 is 13.2. The number of halogens is 1. The van der Waals surface area contributed by atoms with Gasteiger partial charge in [-0.1, -0.05) is 25.5 Å². The van der Waals surface area contributed by atoms with E-state index in [9.17, 15) is 4.39 Å². The average molecular weight is 266 g/mol. The highest BCUT2D eigenvalue weighted by Gasteiger charge is 2.09. The Morgan fingerprint density at radius 3 is 2.68 bits per heavy atom. The number of aryl methyl sites for hydroxylation is 1. The second-order valence-electron chi connectivity index (χ2n) is 5.43. The zero-order valence-electron chi connectivity index (χ0n) is 12.7. The second kappa shape index (κ2) is 8.28. The van der Waals surface area contributed by atoms with E-state index in [1.165, 1.54) is 12.0 Å². The zero-order valence-corrected chi connectivity index (χ0v) is 12.7. The number of benzene rings is 1. The van der Waals surface area contributed by atoms with Crippen molar-refractivity contribution in [3.63, 3.8) is 0 Å². The van der Waals surface area contributed by atoms with Crippen LogP contribution < -0.4 is 5.32 Å². The van der Waals surface area contributed by atoms with Crippen LogP contribution in [0.1, 0.15) is 24.5 Å². The summed E-state index contributed by atoms with van der Waals surface area (Å²) in [5.74, 6) is 0.585. The Kier molecular flexibility index (Phi) is 7.03. The zero-order chi connectivity index (χ0) is 14.3. The van der Waals surface area contributed by atoms with Crippen LogP contribution in [0.4, 0.5) is 4.39 Å². The van der Waals surface area contributed by atoms with E-state index in [1.807, 2.05) is 26.1 Å². The quantitative estimate of drug-likeness (QED) is 0.778. The lowest BCUT2D eigenvalue weighted by atomic mass is 10.1. The van der Waals surface area contributed by atoms with Gasteiger partial charge < -0.3 is 10.2 Å². The van der Waals surface area contributed by atoms with Crippen molar-refractivity contribution < 1.29 is 4.39 Å². The molecule has 1 N–H and O–H groups in total. The Hall–Kier alpha value is -0.930. The Balaban J connectivity index is 2.40. The molecule has 19 heavy (non-hydrogen) atoms. The summed E-state index contributed by atoms with van der Waals surface area (Å²) in [5.41, 5.74) is 1.95. The van der Waals surface area contributed by atoms with Gasteiger partial charge in [0.25, 0.3) is 0 Å². The Bertz CT molecular complexity index is 379. The lowest BCUT2D eigenvalue weighted by molar-refractivity contribution is 0.271. The number of nitrogens with one attached hydrogen (secondary N) is 1. The maximum atomic E-state index is 13.2. The molecule has 0 heterocycles. The number of likely N-dealkylation sites (N-methyl/N-ethyl adjacent to an activating group) is 1. The normalized spacial score (nSPS) is 12.9. The van der Waals surface area contributed by atoms with Gasteiger partial charge in [-0.3, -0.25) is 0 Å². The van der Waals surface area contributed by atoms with E-state index in [0.29, 0.717) is 5.92 Å². The fourth-order valence-corrected chi connectivity index (χ4v) is 2.34. The van der Waals surface area contributed by atoms with Crippen LogP contribution in [0, 0.1) is 18.7 Å². The van der Waals surface area contributed by atoms with Crippen molar-refractivity contribution in [1.82, 2.24) is 10.2 Å². The predicted octanol–water partition coefficient (Wildman–Crippen LogP) is 2.85. The van der Waals surface area contributed by atoms with Crippen molar-refractivity contribution in [2.75, 3.05) is 33.7 Å². The molecular formula is C16H27FN2. The minimum Gasteiger partial charge on any atom is -0.319 e. The number of hydrogen-bond acceptors (Lipinski definition) is 2. The van der Waals surface area contributed by atoms with E-state index in [1.54, 1.807) is 6.07 Å². The van der Waals surface area contributed by atoms with Gasteiger partial charge in [-0.15, -0.1) is 0 Å². The van der Waals surface area contributed by atoms with Crippen LogP contribution in [0.15, 0.2) is 18.2 Å². The van der Waals surface area contributed by atoms with Crippen LogP contribution in [-0.4, -0.2) is 38.6 Å². The van der Waals surface area contributed by atoms with E-state index in [4.69, 9.17) is 0 Å². The van der Waals surface area contributed by atoms with Crippen molar-refractivity contribution in [2.24, 2.45) is 5.92 Å². The first kappa shape index (κ1) is 16.1. The molecule has 0 spiro atoms. The van der Waals surface area contributed by atoms with Gasteiger partial charge in [0, 0.05) is 13.1 Å². The van der Waals surface area contributed by atoms with Crippen LogP contribution in [0.25, 0.3) is 0 Å². The molecule has 1 aromatic rings. The smallest absolute Gasteiger partial charge is 0.126 e. The van der Waals surface area contributed by atoms with E-state index >= 15 is 0 Å². The molecule has 1 rings (SSSR count). The predicted molar refractivity (Wildman–Crippen MR) is 80.0 cm³/mol. The highest BCUT2D eigenvalue weighted by atomic mass is 19.1. The molecule has 0 saturated carbocycles. The molecule has 1 aromatic carbocycles. The highest BCUT2D eigenvalue weighted by molar-refractivity contribution is 5.24. The third-order valence-electron chi connectivity index (χ3n) is 3.64. The molecule has 0 amide bonds. The maximum absolute atomic E-state index is 13.2. The minimum absolute atomic E-state index is 0.114. The van der Waals surface area contributed by atoms with Crippen LogP contribution in [0.3, 0.4) is 0 Å². The Labute approximate surface area is 117 Å². The van der Waals surface area contributed by atoms with Crippen molar-refractivity contribution in [3.05, 3.63) is 35.1 Å². The first-order valence-electron chi connectivity index (χ1n) is 7.15. The standard InChI is InChI=1S/C16H27FN2/c1-5-14(11-18-3)12-19(4)9-8-15-6-7-16(17)13(2)10-15/h6-7,10,14,18H,5,8-9,11-12H2,1-4H3. The molecular weight excluding hydrogens is 239 g/mol. The molecule has 0 aliphatic heterocycles. The number of rotatable bonds is 8. The molecule has 1 atom stereocenters. The second-order valence-corrected chi connectivity index (χ2v) is 5.43. The third kappa shape index (κ3) is 5.70. The number of nitrogens with zero attached hydrogens (tertiary/aromatic N) is 1. The van der Waals surface area contributed by atoms with Gasteiger partial charge in [-0.25, -0.2) is 4.39 Å². The Morgan fingerprint density at radius 2 is 2.11 bits per heavy atom. The van der Waals surface area contributed by atoms with Crippen LogP contribution in [0.5, 0.6) is 0 Å². The van der Waals surface area contributed by atoms with Crippen molar-refractivity contribution in [3.8, 4) is 0 Å². The first-order valence-corrected chi connectivity index (χ1v) is 7.15. The topological polar surface area (TPSA) is 15.3 Å². The molecule has 0 aliphatic rings. The largest absolute Gasteiger partial charge is 0.319 e. The van der Waals surface area contributed by atoms with E-state index < -0.39 is 0 Å². The summed E-state index contributed by atoms with van der Waals surface area (Å²) in [4.78, 5) is 2.37. The lowest BCUT2D eigenvalue weighted by Crippen LogP contribution is -2.32. The summed E-state index contributed by atoms with van der Waals surface area (Å²) >= 11 is 0. The van der Waals surface area contributed by atoms with E-state index in [0.717, 1.165) is 31.6 Å². The fourth-order valence-electron chi connectivity index (χ4n) is 2.34. The molecule has 0 aliphatic carbocycles. The van der Waals surface area contributed by atoms with Gasteiger partial charge in [0.2, 0.25) is 0 Å². The maximum Gasteiger partial charge on any atom is 0.126 e. The van der Waals surface area contributed by atoms with Gasteiger partial charge in [-0.2, -0.15) is 0 Å². The van der Waals surface area contributed by atoms with Crippen molar-refractivity contribution in [2.45, 2.75) is 26.7 Å². The van der Waals surface area contributed by atoms with Gasteiger partial charge in [-0.05, 0) is 57.1 Å². The highest BCUT2D eigenvalue weighted by Crippen LogP contribution is 2.10. The summed E-state index contributed by atoms with van der Waals surface area (Å²) in [6, 6.07) is 5.41. The van der Waals surface area contributed by atoms with E-state index in [-0.39, 0.29) is 5.82 Å². The molecule has 0 aromatic heterocycles. The van der Waals surface area contributed by atoms with Crippen LogP contribution in [-0.2, 0) is 6.42 Å². The van der Waals surface area contributed by atoms with Crippen LogP contribution >= 0.6 is 0 Å². The van der Waals surface area contributed by atoms with Gasteiger partial charge in [0.1, 0.15) is 5.82 Å². The van der Waals surface area contributed by atoms with Crippen molar-refractivity contribution >= 4 is 0 Å². The van der Waals surface area contributed by atoms with Gasteiger partial charge >= 0.3 is 0 Å². The molecule has 2 nitrogen and oxygen atoms in total.